The van der Waals surface area contributed by atoms with Gasteiger partial charge in [0.15, 0.2) is 6.10 Å². The van der Waals surface area contributed by atoms with E-state index < -0.39 is 23.1 Å². The molecule has 1 fully saturated rings. The van der Waals surface area contributed by atoms with Gasteiger partial charge in [-0.15, -0.1) is 11.3 Å². The van der Waals surface area contributed by atoms with Gasteiger partial charge in [0, 0.05) is 29.6 Å². The average Bonchev–Trinajstić information content (AvgIpc) is 3.10. The number of carboxylic acids is 1. The highest BCUT2D eigenvalue weighted by atomic mass is 32.1. The zero-order chi connectivity index (χ0) is 18.8. The van der Waals surface area contributed by atoms with Crippen molar-refractivity contribution in [2.75, 3.05) is 13.1 Å². The minimum absolute atomic E-state index is 0.0534. The zero-order valence-electron chi connectivity index (χ0n) is 13.7. The highest BCUT2D eigenvalue weighted by Gasteiger charge is 2.33. The van der Waals surface area contributed by atoms with Crippen LogP contribution >= 0.6 is 11.3 Å². The predicted octanol–water partition coefficient (Wildman–Crippen LogP) is 2.03. The quantitative estimate of drug-likeness (QED) is 0.639. The first-order chi connectivity index (χ1) is 12.3. The van der Waals surface area contributed by atoms with Crippen molar-refractivity contribution in [3.63, 3.8) is 0 Å². The molecule has 2 aromatic rings. The first kappa shape index (κ1) is 18.0. The Morgan fingerprint density at radius 2 is 2.19 bits per heavy atom. The molecule has 1 aromatic carbocycles. The molecule has 0 spiro atoms. The Balaban J connectivity index is 1.81. The van der Waals surface area contributed by atoms with Gasteiger partial charge in [-0.3, -0.25) is 14.9 Å². The topological polar surface area (TPSA) is 123 Å². The number of carboxylic acid groups (broad SMARTS) is 1. The third kappa shape index (κ3) is 3.70. The molecule has 0 saturated carbocycles. The number of ether oxygens (including phenoxy) is 1. The molecule has 1 aliphatic rings. The summed E-state index contributed by atoms with van der Waals surface area (Å²) >= 11 is 1.19. The van der Waals surface area contributed by atoms with Crippen LogP contribution in [0.1, 0.15) is 17.4 Å². The lowest BCUT2D eigenvalue weighted by Gasteiger charge is -2.34. The standard InChI is InChI=1S/C16H15N3O6S/c1-9-6-18(7-13(25-9)16(21)22)15(20)12-8-26-14(17-12)10-3-2-4-11(5-10)19(23)24/h2-5,8-9,13H,6-7H2,1H3,(H,21,22)/t9-,13?/m1/s1. The van der Waals surface area contributed by atoms with Crippen LogP contribution in [-0.2, 0) is 9.53 Å². The van der Waals surface area contributed by atoms with Crippen LogP contribution in [0.5, 0.6) is 0 Å². The molecule has 10 heteroatoms. The fourth-order valence-electron chi connectivity index (χ4n) is 2.67. The number of hydrogen-bond donors (Lipinski definition) is 1. The number of amides is 1. The SMILES string of the molecule is C[C@@H]1CN(C(=O)c2csc(-c3cccc([N+](=O)[O-])c3)n2)CC(C(=O)O)O1. The molecule has 0 aliphatic carbocycles. The molecule has 0 radical (unpaired) electrons. The van der Waals surface area contributed by atoms with E-state index in [-0.39, 0.29) is 30.4 Å². The van der Waals surface area contributed by atoms with Crippen LogP contribution < -0.4 is 0 Å². The molecule has 1 aromatic heterocycles. The Morgan fingerprint density at radius 3 is 2.88 bits per heavy atom. The maximum absolute atomic E-state index is 12.6. The number of benzene rings is 1. The van der Waals surface area contributed by atoms with E-state index >= 15 is 0 Å². The monoisotopic (exact) mass is 377 g/mol. The van der Waals surface area contributed by atoms with Crippen molar-refractivity contribution >= 4 is 28.9 Å². The molecular weight excluding hydrogens is 362 g/mol. The lowest BCUT2D eigenvalue weighted by molar-refractivity contribution is -0.384. The van der Waals surface area contributed by atoms with Gasteiger partial charge in [0.25, 0.3) is 11.6 Å². The van der Waals surface area contributed by atoms with Crippen molar-refractivity contribution in [2.45, 2.75) is 19.1 Å². The summed E-state index contributed by atoms with van der Waals surface area (Å²) in [6.45, 7) is 1.92. The Bertz CT molecular complexity index is 867. The van der Waals surface area contributed by atoms with E-state index in [1.165, 1.54) is 28.4 Å². The van der Waals surface area contributed by atoms with Gasteiger partial charge in [-0.1, -0.05) is 12.1 Å². The summed E-state index contributed by atoms with van der Waals surface area (Å²) in [5.74, 6) is -1.51. The summed E-state index contributed by atoms with van der Waals surface area (Å²) in [5.41, 5.74) is 0.661. The van der Waals surface area contributed by atoms with Crippen LogP contribution in [-0.4, -0.2) is 57.1 Å². The van der Waals surface area contributed by atoms with Crippen molar-refractivity contribution in [3.8, 4) is 10.6 Å². The lowest BCUT2D eigenvalue weighted by Crippen LogP contribution is -2.51. The van der Waals surface area contributed by atoms with Crippen LogP contribution in [0, 0.1) is 10.1 Å². The zero-order valence-corrected chi connectivity index (χ0v) is 14.5. The van der Waals surface area contributed by atoms with Crippen LogP contribution in [0.15, 0.2) is 29.6 Å². The fraction of sp³-hybridized carbons (Fsp3) is 0.312. The molecule has 2 atom stereocenters. The minimum atomic E-state index is -1.12. The second-order valence-electron chi connectivity index (χ2n) is 5.83. The van der Waals surface area contributed by atoms with Crippen LogP contribution in [0.25, 0.3) is 10.6 Å². The molecule has 1 amide bonds. The second-order valence-corrected chi connectivity index (χ2v) is 6.69. The number of nitro benzene ring substituents is 1. The normalized spacial score (nSPS) is 20.0. The maximum atomic E-state index is 12.6. The van der Waals surface area contributed by atoms with Gasteiger partial charge in [-0.2, -0.15) is 0 Å². The fourth-order valence-corrected chi connectivity index (χ4v) is 3.46. The van der Waals surface area contributed by atoms with Gasteiger partial charge in [0.2, 0.25) is 0 Å². The molecule has 9 nitrogen and oxygen atoms in total. The number of hydrogen-bond acceptors (Lipinski definition) is 7. The molecule has 1 saturated heterocycles. The number of aliphatic carboxylic acids is 1. The number of non-ortho nitro benzene ring substituents is 1. The molecule has 1 N–H and O–H groups in total. The van der Waals surface area contributed by atoms with Crippen LogP contribution in [0.3, 0.4) is 0 Å². The van der Waals surface area contributed by atoms with E-state index in [9.17, 15) is 19.7 Å². The molecule has 0 bridgehead atoms. The van der Waals surface area contributed by atoms with E-state index in [0.29, 0.717) is 10.6 Å². The van der Waals surface area contributed by atoms with E-state index in [1.807, 2.05) is 0 Å². The Labute approximate surface area is 152 Å². The number of morpholine rings is 1. The van der Waals surface area contributed by atoms with E-state index in [0.717, 1.165) is 0 Å². The number of carbonyl (C=O) groups is 2. The second kappa shape index (κ2) is 7.18. The highest BCUT2D eigenvalue weighted by molar-refractivity contribution is 7.13. The molecule has 26 heavy (non-hydrogen) atoms. The highest BCUT2D eigenvalue weighted by Crippen LogP contribution is 2.27. The third-order valence-electron chi connectivity index (χ3n) is 3.85. The van der Waals surface area contributed by atoms with Gasteiger partial charge in [0.05, 0.1) is 17.6 Å². The molecule has 1 aliphatic heterocycles. The van der Waals surface area contributed by atoms with Crippen molar-refractivity contribution in [2.24, 2.45) is 0 Å². The van der Waals surface area contributed by atoms with Crippen molar-refractivity contribution in [1.82, 2.24) is 9.88 Å². The molecule has 3 rings (SSSR count). The van der Waals surface area contributed by atoms with Gasteiger partial charge >= 0.3 is 5.97 Å². The average molecular weight is 377 g/mol. The van der Waals surface area contributed by atoms with E-state index in [2.05, 4.69) is 4.98 Å². The van der Waals surface area contributed by atoms with Gasteiger partial charge < -0.3 is 14.7 Å². The molecular formula is C16H15N3O6S. The summed E-state index contributed by atoms with van der Waals surface area (Å²) < 4.78 is 5.30. The number of thiazole rings is 1. The summed E-state index contributed by atoms with van der Waals surface area (Å²) in [6, 6.07) is 6.00. The van der Waals surface area contributed by atoms with Crippen LogP contribution in [0.4, 0.5) is 5.69 Å². The van der Waals surface area contributed by atoms with Crippen LogP contribution in [0.2, 0.25) is 0 Å². The first-order valence-corrected chi connectivity index (χ1v) is 8.61. The summed E-state index contributed by atoms with van der Waals surface area (Å²) in [7, 11) is 0. The lowest BCUT2D eigenvalue weighted by atomic mass is 10.2. The summed E-state index contributed by atoms with van der Waals surface area (Å²) in [5, 5.41) is 22.0. The van der Waals surface area contributed by atoms with Crippen molar-refractivity contribution < 1.29 is 24.4 Å². The van der Waals surface area contributed by atoms with E-state index in [1.54, 1.807) is 24.4 Å². The summed E-state index contributed by atoms with van der Waals surface area (Å²) in [4.78, 5) is 39.9. The van der Waals surface area contributed by atoms with Gasteiger partial charge in [0.1, 0.15) is 10.7 Å². The predicted molar refractivity (Wildman–Crippen MR) is 92.1 cm³/mol. The third-order valence-corrected chi connectivity index (χ3v) is 4.74. The van der Waals surface area contributed by atoms with Gasteiger partial charge in [-0.25, -0.2) is 9.78 Å². The molecule has 1 unspecified atom stereocenters. The van der Waals surface area contributed by atoms with Gasteiger partial charge in [-0.05, 0) is 6.92 Å². The Morgan fingerprint density at radius 1 is 1.42 bits per heavy atom. The first-order valence-electron chi connectivity index (χ1n) is 7.73. The Kier molecular flexibility index (Phi) is 4.96. The Hall–Kier alpha value is -2.85. The maximum Gasteiger partial charge on any atom is 0.334 e. The number of aromatic nitrogens is 1. The number of nitrogens with zero attached hydrogens (tertiary/aromatic N) is 3. The molecule has 136 valence electrons. The molecule has 2 heterocycles. The largest absolute Gasteiger partial charge is 0.479 e. The number of rotatable bonds is 4. The van der Waals surface area contributed by atoms with E-state index in [4.69, 9.17) is 9.84 Å². The van der Waals surface area contributed by atoms with Crippen molar-refractivity contribution in [1.29, 1.82) is 0 Å². The minimum Gasteiger partial charge on any atom is -0.479 e. The smallest absolute Gasteiger partial charge is 0.334 e. The number of nitro groups is 1. The summed E-state index contributed by atoms with van der Waals surface area (Å²) in [6.07, 6.45) is -1.47. The van der Waals surface area contributed by atoms with Crippen molar-refractivity contribution in [3.05, 3.63) is 45.5 Å². The number of carbonyl (C=O) groups excluding carboxylic acids is 1.